The standard InChI is InChI=1S/C15H23BrClN/c1-3-4-5-6-7-14(18-2)10-12-8-9-13(16)11-15(12)17/h8-9,11,14,18H,3-7,10H2,1-2H3. The van der Waals surface area contributed by atoms with E-state index in [-0.39, 0.29) is 0 Å². The molecule has 18 heavy (non-hydrogen) atoms. The molecule has 1 aromatic carbocycles. The van der Waals surface area contributed by atoms with Crippen molar-refractivity contribution < 1.29 is 0 Å². The van der Waals surface area contributed by atoms with Gasteiger partial charge in [-0.05, 0) is 37.6 Å². The molecule has 0 aliphatic heterocycles. The van der Waals surface area contributed by atoms with Crippen LogP contribution in [0.15, 0.2) is 22.7 Å². The molecule has 0 aliphatic rings. The van der Waals surface area contributed by atoms with E-state index in [0.29, 0.717) is 6.04 Å². The van der Waals surface area contributed by atoms with Crippen LogP contribution in [-0.2, 0) is 6.42 Å². The molecule has 1 nitrogen and oxygen atoms in total. The number of benzene rings is 1. The third-order valence-electron chi connectivity index (χ3n) is 3.30. The average Bonchev–Trinajstić information content (AvgIpc) is 2.35. The molecule has 0 spiro atoms. The second-order valence-corrected chi connectivity index (χ2v) is 6.10. The van der Waals surface area contributed by atoms with E-state index in [0.717, 1.165) is 15.9 Å². The minimum atomic E-state index is 0.528. The lowest BCUT2D eigenvalue weighted by Crippen LogP contribution is -2.27. The van der Waals surface area contributed by atoms with Crippen LogP contribution in [0.25, 0.3) is 0 Å². The van der Waals surface area contributed by atoms with Crippen LogP contribution in [0.2, 0.25) is 5.02 Å². The van der Waals surface area contributed by atoms with Crippen molar-refractivity contribution in [3.05, 3.63) is 33.3 Å². The highest BCUT2D eigenvalue weighted by molar-refractivity contribution is 9.10. The zero-order valence-corrected chi connectivity index (χ0v) is 13.6. The van der Waals surface area contributed by atoms with Crippen LogP contribution in [-0.4, -0.2) is 13.1 Å². The second-order valence-electron chi connectivity index (χ2n) is 4.77. The molecule has 0 amide bonds. The molecule has 0 aliphatic carbocycles. The zero-order valence-electron chi connectivity index (χ0n) is 11.3. The first-order valence-electron chi connectivity index (χ1n) is 6.78. The Morgan fingerprint density at radius 1 is 1.28 bits per heavy atom. The summed E-state index contributed by atoms with van der Waals surface area (Å²) in [4.78, 5) is 0. The van der Waals surface area contributed by atoms with E-state index < -0.39 is 0 Å². The van der Waals surface area contributed by atoms with Gasteiger partial charge in [0.05, 0.1) is 0 Å². The minimum Gasteiger partial charge on any atom is -0.317 e. The molecule has 1 aromatic rings. The first kappa shape index (κ1) is 16.0. The number of unbranched alkanes of at least 4 members (excludes halogenated alkanes) is 3. The predicted molar refractivity (Wildman–Crippen MR) is 84.5 cm³/mol. The maximum atomic E-state index is 6.26. The van der Waals surface area contributed by atoms with Gasteiger partial charge in [0.2, 0.25) is 0 Å². The summed E-state index contributed by atoms with van der Waals surface area (Å²) in [6.07, 6.45) is 7.51. The lowest BCUT2D eigenvalue weighted by Gasteiger charge is -2.17. The van der Waals surface area contributed by atoms with Gasteiger partial charge >= 0.3 is 0 Å². The van der Waals surface area contributed by atoms with Crippen LogP contribution >= 0.6 is 27.5 Å². The molecule has 0 radical (unpaired) electrons. The Bertz CT molecular complexity index is 354. The molecule has 0 aromatic heterocycles. The molecule has 0 saturated carbocycles. The van der Waals surface area contributed by atoms with Crippen LogP contribution < -0.4 is 5.32 Å². The second kappa shape index (κ2) is 8.95. The highest BCUT2D eigenvalue weighted by Crippen LogP contribution is 2.23. The summed E-state index contributed by atoms with van der Waals surface area (Å²) in [6.45, 7) is 2.25. The van der Waals surface area contributed by atoms with Gasteiger partial charge in [-0.25, -0.2) is 0 Å². The molecule has 0 fully saturated rings. The van der Waals surface area contributed by atoms with Crippen molar-refractivity contribution in [3.63, 3.8) is 0 Å². The Hall–Kier alpha value is -0.0500. The van der Waals surface area contributed by atoms with E-state index in [9.17, 15) is 0 Å². The fourth-order valence-corrected chi connectivity index (χ4v) is 2.87. The fourth-order valence-electron chi connectivity index (χ4n) is 2.12. The van der Waals surface area contributed by atoms with Crippen molar-refractivity contribution in [3.8, 4) is 0 Å². The molecule has 1 atom stereocenters. The zero-order chi connectivity index (χ0) is 13.4. The number of likely N-dealkylation sites (N-methyl/N-ethyl adjacent to an activating group) is 1. The highest BCUT2D eigenvalue weighted by atomic mass is 79.9. The highest BCUT2D eigenvalue weighted by Gasteiger charge is 2.09. The van der Waals surface area contributed by atoms with Gasteiger partial charge in [-0.1, -0.05) is 66.2 Å². The van der Waals surface area contributed by atoms with Gasteiger partial charge in [-0.3, -0.25) is 0 Å². The Labute approximate surface area is 124 Å². The first-order valence-corrected chi connectivity index (χ1v) is 7.95. The SMILES string of the molecule is CCCCCCC(Cc1ccc(Br)cc1Cl)NC. The quantitative estimate of drug-likeness (QED) is 0.645. The first-order chi connectivity index (χ1) is 8.67. The Morgan fingerprint density at radius 2 is 2.06 bits per heavy atom. The van der Waals surface area contributed by atoms with Crippen LogP contribution in [0.3, 0.4) is 0 Å². The molecular formula is C15H23BrClN. The van der Waals surface area contributed by atoms with Crippen LogP contribution in [0.4, 0.5) is 0 Å². The molecule has 3 heteroatoms. The van der Waals surface area contributed by atoms with Crippen molar-refractivity contribution in [2.75, 3.05) is 7.05 Å². The predicted octanol–water partition coefficient (Wildman–Crippen LogP) is 5.20. The summed E-state index contributed by atoms with van der Waals surface area (Å²) in [6, 6.07) is 6.68. The maximum Gasteiger partial charge on any atom is 0.0449 e. The Kier molecular flexibility index (Phi) is 7.96. The van der Waals surface area contributed by atoms with Crippen molar-refractivity contribution in [1.29, 1.82) is 0 Å². The molecule has 102 valence electrons. The lowest BCUT2D eigenvalue weighted by molar-refractivity contribution is 0.485. The Balaban J connectivity index is 2.46. The summed E-state index contributed by atoms with van der Waals surface area (Å²) < 4.78 is 1.04. The van der Waals surface area contributed by atoms with E-state index in [1.807, 2.05) is 13.1 Å². The van der Waals surface area contributed by atoms with E-state index in [4.69, 9.17) is 11.6 Å². The molecule has 1 rings (SSSR count). The third kappa shape index (κ3) is 5.73. The number of rotatable bonds is 8. The van der Waals surface area contributed by atoms with Gasteiger partial charge in [0.1, 0.15) is 0 Å². The minimum absolute atomic E-state index is 0.528. The van der Waals surface area contributed by atoms with Crippen molar-refractivity contribution in [2.45, 2.75) is 51.5 Å². The van der Waals surface area contributed by atoms with Crippen LogP contribution in [0, 0.1) is 0 Å². The van der Waals surface area contributed by atoms with E-state index in [2.05, 4.69) is 40.3 Å². The van der Waals surface area contributed by atoms with E-state index in [1.54, 1.807) is 0 Å². The monoisotopic (exact) mass is 331 g/mol. The molecule has 0 bridgehead atoms. The molecule has 0 saturated heterocycles. The van der Waals surface area contributed by atoms with Crippen LogP contribution in [0.5, 0.6) is 0 Å². The largest absolute Gasteiger partial charge is 0.317 e. The number of nitrogens with one attached hydrogen (secondary N) is 1. The average molecular weight is 333 g/mol. The molecule has 0 heterocycles. The molecular weight excluding hydrogens is 310 g/mol. The van der Waals surface area contributed by atoms with Crippen molar-refractivity contribution in [2.24, 2.45) is 0 Å². The van der Waals surface area contributed by atoms with E-state index >= 15 is 0 Å². The number of hydrogen-bond acceptors (Lipinski definition) is 1. The molecule has 1 N–H and O–H groups in total. The topological polar surface area (TPSA) is 12.0 Å². The summed E-state index contributed by atoms with van der Waals surface area (Å²) in [5.41, 5.74) is 1.23. The summed E-state index contributed by atoms with van der Waals surface area (Å²) in [5, 5.41) is 4.26. The van der Waals surface area contributed by atoms with Gasteiger partial charge in [-0.2, -0.15) is 0 Å². The lowest BCUT2D eigenvalue weighted by atomic mass is 10.00. The fraction of sp³-hybridized carbons (Fsp3) is 0.600. The van der Waals surface area contributed by atoms with Gasteiger partial charge in [0.25, 0.3) is 0 Å². The maximum absolute atomic E-state index is 6.26. The van der Waals surface area contributed by atoms with Crippen molar-refractivity contribution >= 4 is 27.5 Å². The van der Waals surface area contributed by atoms with Crippen LogP contribution in [0.1, 0.15) is 44.6 Å². The van der Waals surface area contributed by atoms with Crippen molar-refractivity contribution in [1.82, 2.24) is 5.32 Å². The Morgan fingerprint density at radius 3 is 2.67 bits per heavy atom. The van der Waals surface area contributed by atoms with Gasteiger partial charge in [-0.15, -0.1) is 0 Å². The normalized spacial score (nSPS) is 12.7. The van der Waals surface area contributed by atoms with Gasteiger partial charge < -0.3 is 5.32 Å². The van der Waals surface area contributed by atoms with Gasteiger partial charge in [0, 0.05) is 15.5 Å². The van der Waals surface area contributed by atoms with Gasteiger partial charge in [0.15, 0.2) is 0 Å². The summed E-state index contributed by atoms with van der Waals surface area (Å²) in [7, 11) is 2.04. The summed E-state index contributed by atoms with van der Waals surface area (Å²) in [5.74, 6) is 0. The third-order valence-corrected chi connectivity index (χ3v) is 4.14. The molecule has 1 unspecified atom stereocenters. The number of hydrogen-bond donors (Lipinski definition) is 1. The smallest absolute Gasteiger partial charge is 0.0449 e. The summed E-state index contributed by atoms with van der Waals surface area (Å²) >= 11 is 9.70. The van der Waals surface area contributed by atoms with E-state index in [1.165, 1.54) is 37.7 Å². The number of halogens is 2.